The van der Waals surface area contributed by atoms with Gasteiger partial charge in [0.2, 0.25) is 5.91 Å². The number of carbonyl (C=O) groups is 2. The second-order valence-electron chi connectivity index (χ2n) is 6.00. The van der Waals surface area contributed by atoms with E-state index in [1.54, 1.807) is 19.1 Å². The minimum atomic E-state index is -1.07. The Balaban J connectivity index is 2.06. The fourth-order valence-electron chi connectivity index (χ4n) is 2.57. The predicted molar refractivity (Wildman–Crippen MR) is 103 cm³/mol. The largest absolute Gasteiger partial charge is 0.480 e. The van der Waals surface area contributed by atoms with E-state index in [4.69, 9.17) is 0 Å². The van der Waals surface area contributed by atoms with Gasteiger partial charge in [-0.05, 0) is 24.6 Å². The predicted octanol–water partition coefficient (Wildman–Crippen LogP) is 3.23. The molecule has 0 aliphatic rings. The zero-order chi connectivity index (χ0) is 20.0. The van der Waals surface area contributed by atoms with Crippen LogP contribution < -0.4 is 0 Å². The molecule has 8 heteroatoms. The van der Waals surface area contributed by atoms with Crippen LogP contribution in [0.1, 0.15) is 12.5 Å². The first-order valence-corrected chi connectivity index (χ1v) is 9.12. The van der Waals surface area contributed by atoms with Crippen LogP contribution in [0.3, 0.4) is 0 Å². The van der Waals surface area contributed by atoms with Gasteiger partial charge in [0.15, 0.2) is 0 Å². The molecule has 142 valence electrons. The van der Waals surface area contributed by atoms with E-state index < -0.39 is 22.2 Å². The highest BCUT2D eigenvalue weighted by Crippen LogP contribution is 2.27. The number of amides is 1. The summed E-state index contributed by atoms with van der Waals surface area (Å²) in [6.45, 7) is 1.69. The van der Waals surface area contributed by atoms with Gasteiger partial charge in [0.25, 0.3) is 5.69 Å². The van der Waals surface area contributed by atoms with Crippen molar-refractivity contribution in [2.24, 2.45) is 0 Å². The first-order valence-electron chi connectivity index (χ1n) is 8.24. The molecule has 1 N–H and O–H groups in total. The first-order chi connectivity index (χ1) is 12.8. The lowest BCUT2D eigenvalue weighted by atomic mass is 10.0. The summed E-state index contributed by atoms with van der Waals surface area (Å²) in [6, 6.07) is 14.1. The summed E-state index contributed by atoms with van der Waals surface area (Å²) in [5.41, 5.74) is 0.810. The molecular formula is C19H20N2O5S. The van der Waals surface area contributed by atoms with E-state index in [1.807, 2.05) is 30.3 Å². The maximum atomic E-state index is 12.7. The SMILES string of the molecule is CC(Sc1ccc([N+](=O)[O-])cc1)C(=O)N(C)C(Cc1ccccc1)C(=O)O. The van der Waals surface area contributed by atoms with E-state index in [0.29, 0.717) is 4.90 Å². The Kier molecular flexibility index (Phi) is 6.95. The van der Waals surface area contributed by atoms with Crippen LogP contribution in [0.2, 0.25) is 0 Å². The van der Waals surface area contributed by atoms with Gasteiger partial charge in [-0.15, -0.1) is 11.8 Å². The quantitative estimate of drug-likeness (QED) is 0.423. The van der Waals surface area contributed by atoms with Gasteiger partial charge in [0.05, 0.1) is 10.2 Å². The minimum absolute atomic E-state index is 0.0238. The van der Waals surface area contributed by atoms with Crippen molar-refractivity contribution in [3.05, 3.63) is 70.3 Å². The van der Waals surface area contributed by atoms with Gasteiger partial charge < -0.3 is 10.0 Å². The number of hydrogen-bond acceptors (Lipinski definition) is 5. The van der Waals surface area contributed by atoms with Crippen molar-refractivity contribution in [1.82, 2.24) is 4.90 Å². The highest BCUT2D eigenvalue weighted by Gasteiger charge is 2.30. The zero-order valence-corrected chi connectivity index (χ0v) is 15.8. The number of nitrogens with zero attached hydrogens (tertiary/aromatic N) is 2. The Bertz CT molecular complexity index is 811. The Morgan fingerprint density at radius 2 is 1.74 bits per heavy atom. The van der Waals surface area contributed by atoms with Crippen molar-refractivity contribution in [3.8, 4) is 0 Å². The summed E-state index contributed by atoms with van der Waals surface area (Å²) in [6.07, 6.45) is 0.216. The van der Waals surface area contributed by atoms with Crippen molar-refractivity contribution in [2.45, 2.75) is 29.5 Å². The van der Waals surface area contributed by atoms with E-state index in [2.05, 4.69) is 0 Å². The lowest BCUT2D eigenvalue weighted by Gasteiger charge is -2.27. The molecule has 2 aromatic rings. The van der Waals surface area contributed by atoms with Crippen LogP contribution in [0.4, 0.5) is 5.69 Å². The van der Waals surface area contributed by atoms with Gasteiger partial charge >= 0.3 is 5.97 Å². The molecule has 0 aromatic heterocycles. The molecule has 7 nitrogen and oxygen atoms in total. The first kappa shape index (κ1) is 20.4. The van der Waals surface area contributed by atoms with E-state index in [1.165, 1.54) is 35.8 Å². The van der Waals surface area contributed by atoms with E-state index in [0.717, 1.165) is 5.56 Å². The fraction of sp³-hybridized carbons (Fsp3) is 0.263. The number of benzene rings is 2. The smallest absolute Gasteiger partial charge is 0.326 e. The molecule has 2 atom stereocenters. The number of rotatable bonds is 8. The standard InChI is InChI=1S/C19H20N2O5S/c1-13(27-16-10-8-15(9-11-16)21(25)26)18(22)20(2)17(19(23)24)12-14-6-4-3-5-7-14/h3-11,13,17H,12H2,1-2H3,(H,23,24). The lowest BCUT2D eigenvalue weighted by molar-refractivity contribution is -0.384. The third-order valence-corrected chi connectivity index (χ3v) is 5.18. The number of thioether (sulfide) groups is 1. The van der Waals surface area contributed by atoms with Crippen molar-refractivity contribution >= 4 is 29.3 Å². The van der Waals surface area contributed by atoms with Crippen LogP contribution in [-0.2, 0) is 16.0 Å². The summed E-state index contributed by atoms with van der Waals surface area (Å²) in [7, 11) is 1.48. The molecule has 0 bridgehead atoms. The van der Waals surface area contributed by atoms with Gasteiger partial charge in [0, 0.05) is 30.5 Å². The topological polar surface area (TPSA) is 101 Å². The van der Waals surface area contributed by atoms with Crippen LogP contribution in [0, 0.1) is 10.1 Å². The molecular weight excluding hydrogens is 368 g/mol. The maximum absolute atomic E-state index is 12.7. The maximum Gasteiger partial charge on any atom is 0.326 e. The Morgan fingerprint density at radius 3 is 2.26 bits per heavy atom. The molecule has 0 heterocycles. The van der Waals surface area contributed by atoms with E-state index in [-0.39, 0.29) is 18.0 Å². The van der Waals surface area contributed by atoms with Crippen molar-refractivity contribution in [3.63, 3.8) is 0 Å². The van der Waals surface area contributed by atoms with Crippen molar-refractivity contribution in [2.75, 3.05) is 7.05 Å². The molecule has 2 unspecified atom stereocenters. The summed E-state index contributed by atoms with van der Waals surface area (Å²) in [4.78, 5) is 36.5. The molecule has 2 aromatic carbocycles. The molecule has 1 amide bonds. The average Bonchev–Trinajstić information content (AvgIpc) is 2.66. The van der Waals surface area contributed by atoms with Gasteiger partial charge in [-0.1, -0.05) is 30.3 Å². The summed E-state index contributed by atoms with van der Waals surface area (Å²) in [5.74, 6) is -1.39. The summed E-state index contributed by atoms with van der Waals surface area (Å²) in [5, 5.41) is 19.7. The van der Waals surface area contributed by atoms with Crippen LogP contribution in [0.25, 0.3) is 0 Å². The number of likely N-dealkylation sites (N-methyl/N-ethyl adjacent to an activating group) is 1. The molecule has 0 fully saturated rings. The fourth-order valence-corrected chi connectivity index (χ4v) is 3.54. The normalized spacial score (nSPS) is 12.8. The average molecular weight is 388 g/mol. The van der Waals surface area contributed by atoms with Crippen molar-refractivity contribution in [1.29, 1.82) is 0 Å². The number of carbonyl (C=O) groups excluding carboxylic acids is 1. The third kappa shape index (κ3) is 5.55. The molecule has 0 saturated heterocycles. The van der Waals surface area contributed by atoms with Crippen LogP contribution in [-0.4, -0.2) is 45.1 Å². The Hall–Kier alpha value is -2.87. The van der Waals surface area contributed by atoms with Gasteiger partial charge in [-0.3, -0.25) is 14.9 Å². The molecule has 0 aliphatic heterocycles. The molecule has 0 spiro atoms. The van der Waals surface area contributed by atoms with Crippen LogP contribution >= 0.6 is 11.8 Å². The molecule has 0 saturated carbocycles. The van der Waals surface area contributed by atoms with Crippen molar-refractivity contribution < 1.29 is 19.6 Å². The Labute approximate surface area is 161 Å². The number of hydrogen-bond donors (Lipinski definition) is 1. The van der Waals surface area contributed by atoms with Crippen LogP contribution in [0.5, 0.6) is 0 Å². The number of carboxylic acid groups (broad SMARTS) is 1. The number of nitro groups is 1. The number of nitro benzene ring substituents is 1. The van der Waals surface area contributed by atoms with E-state index >= 15 is 0 Å². The number of carboxylic acids is 1. The second kappa shape index (κ2) is 9.18. The Morgan fingerprint density at radius 1 is 1.15 bits per heavy atom. The zero-order valence-electron chi connectivity index (χ0n) is 14.9. The second-order valence-corrected chi connectivity index (χ2v) is 7.42. The van der Waals surface area contributed by atoms with E-state index in [9.17, 15) is 24.8 Å². The monoisotopic (exact) mass is 388 g/mol. The molecule has 27 heavy (non-hydrogen) atoms. The van der Waals surface area contributed by atoms with Gasteiger partial charge in [-0.25, -0.2) is 4.79 Å². The van der Waals surface area contributed by atoms with Gasteiger partial charge in [-0.2, -0.15) is 0 Å². The minimum Gasteiger partial charge on any atom is -0.480 e. The number of aliphatic carboxylic acids is 1. The molecule has 0 radical (unpaired) electrons. The summed E-state index contributed by atoms with van der Waals surface area (Å²) < 4.78 is 0. The molecule has 2 rings (SSSR count). The highest BCUT2D eigenvalue weighted by molar-refractivity contribution is 8.00. The van der Waals surface area contributed by atoms with Gasteiger partial charge in [0.1, 0.15) is 6.04 Å². The third-order valence-electron chi connectivity index (χ3n) is 4.08. The highest BCUT2D eigenvalue weighted by atomic mass is 32.2. The summed E-state index contributed by atoms with van der Waals surface area (Å²) >= 11 is 1.23. The number of non-ortho nitro benzene ring substituents is 1. The molecule has 0 aliphatic carbocycles. The van der Waals surface area contributed by atoms with Crippen LogP contribution in [0.15, 0.2) is 59.5 Å². The lowest BCUT2D eigenvalue weighted by Crippen LogP contribution is -2.46.